The van der Waals surface area contributed by atoms with Gasteiger partial charge >= 0.3 is 0 Å². The molecule has 11 heavy (non-hydrogen) atoms. The molecule has 1 unspecified atom stereocenters. The zero-order valence-electron chi connectivity index (χ0n) is 8.22. The van der Waals surface area contributed by atoms with Crippen LogP contribution in [-0.4, -0.2) is 18.6 Å². The highest BCUT2D eigenvalue weighted by atomic mass is 15.0. The molecule has 0 saturated heterocycles. The second-order valence-corrected chi connectivity index (χ2v) is 3.88. The molecule has 0 rings (SSSR count). The van der Waals surface area contributed by atoms with E-state index in [9.17, 15) is 0 Å². The lowest BCUT2D eigenvalue weighted by molar-refractivity contribution is 0.397. The molecule has 0 aliphatic carbocycles. The quantitative estimate of drug-likeness (QED) is 0.634. The van der Waals surface area contributed by atoms with Crippen molar-refractivity contribution in [2.24, 2.45) is 11.7 Å². The van der Waals surface area contributed by atoms with Crippen LogP contribution in [0.5, 0.6) is 0 Å². The number of rotatable bonds is 5. The first-order valence-electron chi connectivity index (χ1n) is 4.52. The van der Waals surface area contributed by atoms with Gasteiger partial charge in [0.15, 0.2) is 0 Å². The van der Waals surface area contributed by atoms with E-state index in [0.717, 1.165) is 12.5 Å². The molecule has 1 atom stereocenters. The van der Waals surface area contributed by atoms with Crippen molar-refractivity contribution >= 4 is 0 Å². The standard InChI is InChI=1S/C9H22N2/c1-7(2)5-9(6-10)11-8(3)4/h7-9,11H,5-6,10H2,1-4H3. The Balaban J connectivity index is 3.58. The topological polar surface area (TPSA) is 38.0 Å². The van der Waals surface area contributed by atoms with E-state index in [4.69, 9.17) is 5.73 Å². The van der Waals surface area contributed by atoms with Crippen LogP contribution in [0.4, 0.5) is 0 Å². The maximum Gasteiger partial charge on any atom is 0.0195 e. The summed E-state index contributed by atoms with van der Waals surface area (Å²) in [7, 11) is 0. The molecule has 3 N–H and O–H groups in total. The summed E-state index contributed by atoms with van der Waals surface area (Å²) in [5, 5.41) is 3.44. The van der Waals surface area contributed by atoms with Crippen molar-refractivity contribution in [2.75, 3.05) is 6.54 Å². The Morgan fingerprint density at radius 3 is 2.00 bits per heavy atom. The van der Waals surface area contributed by atoms with Crippen LogP contribution in [0.1, 0.15) is 34.1 Å². The van der Waals surface area contributed by atoms with Crippen LogP contribution in [0, 0.1) is 5.92 Å². The summed E-state index contributed by atoms with van der Waals surface area (Å²) in [5.41, 5.74) is 5.61. The molecule has 0 aliphatic rings. The molecule has 68 valence electrons. The minimum atomic E-state index is 0.495. The van der Waals surface area contributed by atoms with Gasteiger partial charge in [0.25, 0.3) is 0 Å². The van der Waals surface area contributed by atoms with Crippen molar-refractivity contribution in [3.8, 4) is 0 Å². The van der Waals surface area contributed by atoms with Gasteiger partial charge in [-0.2, -0.15) is 0 Å². The first kappa shape index (κ1) is 10.9. The van der Waals surface area contributed by atoms with Crippen LogP contribution in [-0.2, 0) is 0 Å². The fourth-order valence-electron chi connectivity index (χ4n) is 1.27. The Kier molecular flexibility index (Phi) is 5.51. The van der Waals surface area contributed by atoms with Crippen LogP contribution < -0.4 is 11.1 Å². The summed E-state index contributed by atoms with van der Waals surface area (Å²) in [4.78, 5) is 0. The molecule has 2 nitrogen and oxygen atoms in total. The molecule has 0 saturated carbocycles. The summed E-state index contributed by atoms with van der Waals surface area (Å²) in [6.45, 7) is 9.51. The lowest BCUT2D eigenvalue weighted by atomic mass is 10.0. The van der Waals surface area contributed by atoms with Crippen molar-refractivity contribution in [1.82, 2.24) is 5.32 Å². The second-order valence-electron chi connectivity index (χ2n) is 3.88. The zero-order valence-corrected chi connectivity index (χ0v) is 8.22. The molecule has 0 aromatic rings. The summed E-state index contributed by atoms with van der Waals surface area (Å²) < 4.78 is 0. The highest BCUT2D eigenvalue weighted by Gasteiger charge is 2.08. The van der Waals surface area contributed by atoms with E-state index < -0.39 is 0 Å². The predicted molar refractivity (Wildman–Crippen MR) is 50.6 cm³/mol. The maximum absolute atomic E-state index is 5.61. The van der Waals surface area contributed by atoms with E-state index >= 15 is 0 Å². The Morgan fingerprint density at radius 2 is 1.73 bits per heavy atom. The van der Waals surface area contributed by atoms with Gasteiger partial charge in [-0.15, -0.1) is 0 Å². The normalized spacial score (nSPS) is 14.5. The summed E-state index contributed by atoms with van der Waals surface area (Å²) >= 11 is 0. The van der Waals surface area contributed by atoms with Crippen LogP contribution in [0.25, 0.3) is 0 Å². The number of nitrogens with one attached hydrogen (secondary N) is 1. The van der Waals surface area contributed by atoms with E-state index in [1.807, 2.05) is 0 Å². The van der Waals surface area contributed by atoms with E-state index in [2.05, 4.69) is 33.0 Å². The Hall–Kier alpha value is -0.0800. The van der Waals surface area contributed by atoms with Gasteiger partial charge in [-0.1, -0.05) is 27.7 Å². The largest absolute Gasteiger partial charge is 0.329 e. The van der Waals surface area contributed by atoms with Crippen molar-refractivity contribution in [3.05, 3.63) is 0 Å². The van der Waals surface area contributed by atoms with E-state index in [0.29, 0.717) is 12.1 Å². The highest BCUT2D eigenvalue weighted by Crippen LogP contribution is 2.03. The lowest BCUT2D eigenvalue weighted by Gasteiger charge is -2.21. The fraction of sp³-hybridized carbons (Fsp3) is 1.00. The van der Waals surface area contributed by atoms with Gasteiger partial charge < -0.3 is 11.1 Å². The average Bonchev–Trinajstić information content (AvgIpc) is 1.84. The molecule has 0 radical (unpaired) electrons. The summed E-state index contributed by atoms with van der Waals surface area (Å²) in [6.07, 6.45) is 1.18. The summed E-state index contributed by atoms with van der Waals surface area (Å²) in [5.74, 6) is 0.731. The monoisotopic (exact) mass is 158 g/mol. The SMILES string of the molecule is CC(C)CC(CN)NC(C)C. The Morgan fingerprint density at radius 1 is 1.18 bits per heavy atom. The van der Waals surface area contributed by atoms with Crippen molar-refractivity contribution in [2.45, 2.75) is 46.2 Å². The van der Waals surface area contributed by atoms with Gasteiger partial charge in [-0.25, -0.2) is 0 Å². The average molecular weight is 158 g/mol. The molecule has 0 aromatic carbocycles. The van der Waals surface area contributed by atoms with Gasteiger partial charge in [0, 0.05) is 18.6 Å². The third-order valence-electron chi connectivity index (χ3n) is 1.61. The molecule has 0 heterocycles. The molecule has 2 heteroatoms. The minimum Gasteiger partial charge on any atom is -0.329 e. The third kappa shape index (κ3) is 6.32. The fourth-order valence-corrected chi connectivity index (χ4v) is 1.27. The Bertz CT molecular complexity index is 79.6. The number of hydrogen-bond acceptors (Lipinski definition) is 2. The molecule has 0 aromatic heterocycles. The zero-order chi connectivity index (χ0) is 8.85. The first-order valence-corrected chi connectivity index (χ1v) is 4.52. The van der Waals surface area contributed by atoms with Crippen LogP contribution in [0.3, 0.4) is 0 Å². The number of nitrogens with two attached hydrogens (primary N) is 1. The van der Waals surface area contributed by atoms with Crippen LogP contribution in [0.2, 0.25) is 0 Å². The van der Waals surface area contributed by atoms with Gasteiger partial charge in [0.1, 0.15) is 0 Å². The van der Waals surface area contributed by atoms with Gasteiger partial charge in [-0.05, 0) is 12.3 Å². The van der Waals surface area contributed by atoms with E-state index in [-0.39, 0.29) is 0 Å². The molecular formula is C9H22N2. The van der Waals surface area contributed by atoms with E-state index in [1.54, 1.807) is 0 Å². The van der Waals surface area contributed by atoms with E-state index in [1.165, 1.54) is 6.42 Å². The van der Waals surface area contributed by atoms with Gasteiger partial charge in [-0.3, -0.25) is 0 Å². The second kappa shape index (κ2) is 5.56. The number of hydrogen-bond donors (Lipinski definition) is 2. The highest BCUT2D eigenvalue weighted by molar-refractivity contribution is 4.71. The molecule has 0 amide bonds. The molecule has 0 bridgehead atoms. The summed E-state index contributed by atoms with van der Waals surface area (Å²) in [6, 6.07) is 1.04. The Labute approximate surface area is 70.5 Å². The molecular weight excluding hydrogens is 136 g/mol. The lowest BCUT2D eigenvalue weighted by Crippen LogP contribution is -2.41. The maximum atomic E-state index is 5.61. The first-order chi connectivity index (χ1) is 5.06. The van der Waals surface area contributed by atoms with Crippen molar-refractivity contribution < 1.29 is 0 Å². The molecule has 0 fully saturated rings. The van der Waals surface area contributed by atoms with Gasteiger partial charge in [0.2, 0.25) is 0 Å². The van der Waals surface area contributed by atoms with Crippen LogP contribution >= 0.6 is 0 Å². The van der Waals surface area contributed by atoms with Crippen LogP contribution in [0.15, 0.2) is 0 Å². The smallest absolute Gasteiger partial charge is 0.0195 e. The predicted octanol–water partition coefficient (Wildman–Crippen LogP) is 1.36. The third-order valence-corrected chi connectivity index (χ3v) is 1.61. The minimum absolute atomic E-state index is 0.495. The van der Waals surface area contributed by atoms with Crippen molar-refractivity contribution in [1.29, 1.82) is 0 Å². The van der Waals surface area contributed by atoms with Gasteiger partial charge in [0.05, 0.1) is 0 Å². The van der Waals surface area contributed by atoms with Crippen molar-refractivity contribution in [3.63, 3.8) is 0 Å². The molecule has 0 aliphatic heterocycles. The molecule has 0 spiro atoms.